The summed E-state index contributed by atoms with van der Waals surface area (Å²) in [5.41, 5.74) is 5.01. The van der Waals surface area contributed by atoms with Gasteiger partial charge in [0, 0.05) is 0 Å². The molecular weight excluding hydrogens is 144 g/mol. The third kappa shape index (κ3) is 4.36. The molecule has 0 rings (SSSR count). The van der Waals surface area contributed by atoms with Gasteiger partial charge >= 0.3 is 0 Å². The van der Waals surface area contributed by atoms with Gasteiger partial charge < -0.3 is 11.1 Å². The fourth-order valence-corrected chi connectivity index (χ4v) is 0.820. The van der Waals surface area contributed by atoms with Crippen LogP contribution < -0.4 is 11.1 Å². The van der Waals surface area contributed by atoms with Crippen LogP contribution in [0.3, 0.4) is 0 Å². The van der Waals surface area contributed by atoms with Gasteiger partial charge in [-0.15, -0.1) is 0 Å². The number of primary amides is 1. The standard InChI is InChI=1S/C7H14N2O2/c1-5(2)3-6(7(8)11)9-4-10/h4-6H,3H2,1-2H3,(H2,8,11)(H,9,10)/t6-/m0/s1. The fraction of sp³-hybridized carbons (Fsp3) is 0.714. The van der Waals surface area contributed by atoms with E-state index in [-0.39, 0.29) is 0 Å². The maximum atomic E-state index is 10.6. The molecule has 3 N–H and O–H groups in total. The van der Waals surface area contributed by atoms with Crippen LogP contribution >= 0.6 is 0 Å². The molecule has 0 aromatic heterocycles. The van der Waals surface area contributed by atoms with E-state index in [0.717, 1.165) is 0 Å². The second-order valence-corrected chi connectivity index (χ2v) is 2.87. The second-order valence-electron chi connectivity index (χ2n) is 2.87. The Labute approximate surface area is 66.1 Å². The number of carbonyl (C=O) groups excluding carboxylic acids is 2. The lowest BCUT2D eigenvalue weighted by atomic mass is 10.0. The number of rotatable bonds is 5. The molecule has 0 fully saturated rings. The minimum absolute atomic E-state index is 0.347. The molecule has 0 spiro atoms. The predicted octanol–water partition coefficient (Wildman–Crippen LogP) is -0.368. The van der Waals surface area contributed by atoms with Crippen LogP contribution in [0.5, 0.6) is 0 Å². The van der Waals surface area contributed by atoms with Gasteiger partial charge in [-0.05, 0) is 12.3 Å². The molecule has 2 amide bonds. The predicted molar refractivity (Wildman–Crippen MR) is 41.6 cm³/mol. The zero-order valence-corrected chi connectivity index (χ0v) is 6.83. The lowest BCUT2D eigenvalue weighted by Crippen LogP contribution is -2.41. The normalized spacial score (nSPS) is 12.6. The van der Waals surface area contributed by atoms with Gasteiger partial charge in [0.25, 0.3) is 0 Å². The van der Waals surface area contributed by atoms with Crippen molar-refractivity contribution in [3.05, 3.63) is 0 Å². The van der Waals surface area contributed by atoms with Crippen molar-refractivity contribution in [3.63, 3.8) is 0 Å². The molecule has 0 aromatic rings. The summed E-state index contributed by atoms with van der Waals surface area (Å²) in [4.78, 5) is 20.6. The summed E-state index contributed by atoms with van der Waals surface area (Å²) in [7, 11) is 0. The van der Waals surface area contributed by atoms with Crippen molar-refractivity contribution in [1.29, 1.82) is 0 Å². The Morgan fingerprint density at radius 2 is 2.18 bits per heavy atom. The van der Waals surface area contributed by atoms with Crippen molar-refractivity contribution in [1.82, 2.24) is 5.32 Å². The summed E-state index contributed by atoms with van der Waals surface area (Å²) in [6.45, 7) is 3.92. The monoisotopic (exact) mass is 158 g/mol. The van der Waals surface area contributed by atoms with Crippen molar-refractivity contribution in [2.24, 2.45) is 11.7 Å². The Kier molecular flexibility index (Phi) is 4.26. The van der Waals surface area contributed by atoms with Crippen molar-refractivity contribution in [2.75, 3.05) is 0 Å². The van der Waals surface area contributed by atoms with E-state index in [1.165, 1.54) is 0 Å². The van der Waals surface area contributed by atoms with Gasteiger partial charge in [-0.1, -0.05) is 13.8 Å². The average molecular weight is 158 g/mol. The first-order valence-corrected chi connectivity index (χ1v) is 3.57. The largest absolute Gasteiger partial charge is 0.368 e. The Hall–Kier alpha value is -1.06. The lowest BCUT2D eigenvalue weighted by Gasteiger charge is -2.13. The summed E-state index contributed by atoms with van der Waals surface area (Å²) in [5, 5.41) is 2.36. The van der Waals surface area contributed by atoms with E-state index in [1.807, 2.05) is 13.8 Å². The molecular formula is C7H14N2O2. The van der Waals surface area contributed by atoms with Gasteiger partial charge in [-0.3, -0.25) is 9.59 Å². The molecule has 64 valence electrons. The van der Waals surface area contributed by atoms with Crippen LogP contribution in [0.2, 0.25) is 0 Å². The maximum Gasteiger partial charge on any atom is 0.240 e. The first-order chi connectivity index (χ1) is 5.07. The summed E-state index contributed by atoms with van der Waals surface area (Å²) < 4.78 is 0. The second kappa shape index (κ2) is 4.71. The molecule has 1 atom stereocenters. The Balaban J connectivity index is 3.88. The van der Waals surface area contributed by atoms with Crippen LogP contribution in [0.4, 0.5) is 0 Å². The highest BCUT2D eigenvalue weighted by molar-refractivity contribution is 5.81. The summed E-state index contributed by atoms with van der Waals surface area (Å²) in [6, 6.07) is -0.521. The Morgan fingerprint density at radius 3 is 2.45 bits per heavy atom. The van der Waals surface area contributed by atoms with Gasteiger partial charge in [0.15, 0.2) is 0 Å². The average Bonchev–Trinajstić information content (AvgIpc) is 1.86. The molecule has 0 saturated heterocycles. The van der Waals surface area contributed by atoms with E-state index in [4.69, 9.17) is 5.73 Å². The molecule has 0 saturated carbocycles. The highest BCUT2D eigenvalue weighted by atomic mass is 16.2. The number of nitrogens with two attached hydrogens (primary N) is 1. The molecule has 0 aliphatic carbocycles. The molecule has 0 bridgehead atoms. The fourth-order valence-electron chi connectivity index (χ4n) is 0.820. The van der Waals surface area contributed by atoms with E-state index in [1.54, 1.807) is 0 Å². The van der Waals surface area contributed by atoms with Crippen molar-refractivity contribution >= 4 is 12.3 Å². The van der Waals surface area contributed by atoms with E-state index < -0.39 is 11.9 Å². The Morgan fingerprint density at radius 1 is 1.64 bits per heavy atom. The summed E-state index contributed by atoms with van der Waals surface area (Å²) >= 11 is 0. The van der Waals surface area contributed by atoms with Crippen LogP contribution in [0.25, 0.3) is 0 Å². The third-order valence-corrected chi connectivity index (χ3v) is 1.32. The number of carbonyl (C=O) groups is 2. The molecule has 0 aliphatic rings. The van der Waals surface area contributed by atoms with E-state index >= 15 is 0 Å². The summed E-state index contributed by atoms with van der Waals surface area (Å²) in [5.74, 6) is -0.134. The molecule has 0 heterocycles. The molecule has 11 heavy (non-hydrogen) atoms. The molecule has 0 unspecified atom stereocenters. The van der Waals surface area contributed by atoms with E-state index in [0.29, 0.717) is 18.7 Å². The molecule has 0 radical (unpaired) electrons. The van der Waals surface area contributed by atoms with Crippen molar-refractivity contribution < 1.29 is 9.59 Å². The maximum absolute atomic E-state index is 10.6. The lowest BCUT2D eigenvalue weighted by molar-refractivity contribution is -0.123. The molecule has 4 heteroatoms. The molecule has 4 nitrogen and oxygen atoms in total. The van der Waals surface area contributed by atoms with Crippen LogP contribution in [0.1, 0.15) is 20.3 Å². The zero-order chi connectivity index (χ0) is 8.85. The minimum Gasteiger partial charge on any atom is -0.368 e. The van der Waals surface area contributed by atoms with Crippen LogP contribution in [-0.2, 0) is 9.59 Å². The van der Waals surface area contributed by atoms with Crippen LogP contribution in [-0.4, -0.2) is 18.4 Å². The zero-order valence-electron chi connectivity index (χ0n) is 6.83. The molecule has 0 aliphatic heterocycles. The minimum atomic E-state index is -0.521. The van der Waals surface area contributed by atoms with Gasteiger partial charge in [-0.2, -0.15) is 0 Å². The van der Waals surface area contributed by atoms with E-state index in [2.05, 4.69) is 5.32 Å². The first-order valence-electron chi connectivity index (χ1n) is 3.57. The number of amides is 2. The smallest absolute Gasteiger partial charge is 0.240 e. The highest BCUT2D eigenvalue weighted by Crippen LogP contribution is 2.03. The van der Waals surface area contributed by atoms with Gasteiger partial charge in [0.2, 0.25) is 12.3 Å². The number of hydrogen-bond acceptors (Lipinski definition) is 2. The van der Waals surface area contributed by atoms with Crippen molar-refractivity contribution in [3.8, 4) is 0 Å². The number of hydrogen-bond donors (Lipinski definition) is 2. The summed E-state index contributed by atoms with van der Waals surface area (Å²) in [6.07, 6.45) is 1.09. The van der Waals surface area contributed by atoms with Gasteiger partial charge in [0.05, 0.1) is 0 Å². The SMILES string of the molecule is CC(C)C[C@H](NC=O)C(N)=O. The van der Waals surface area contributed by atoms with Crippen LogP contribution in [0, 0.1) is 5.92 Å². The van der Waals surface area contributed by atoms with Gasteiger partial charge in [0.1, 0.15) is 6.04 Å². The van der Waals surface area contributed by atoms with Crippen LogP contribution in [0.15, 0.2) is 0 Å². The quantitative estimate of drug-likeness (QED) is 0.536. The third-order valence-electron chi connectivity index (χ3n) is 1.32. The van der Waals surface area contributed by atoms with Gasteiger partial charge in [-0.25, -0.2) is 0 Å². The topological polar surface area (TPSA) is 72.2 Å². The van der Waals surface area contributed by atoms with E-state index in [9.17, 15) is 9.59 Å². The van der Waals surface area contributed by atoms with Crippen molar-refractivity contribution in [2.45, 2.75) is 26.3 Å². The first kappa shape index (κ1) is 9.94. The Bertz CT molecular complexity index is 145. The highest BCUT2D eigenvalue weighted by Gasteiger charge is 2.14. The number of nitrogens with one attached hydrogen (secondary N) is 1. The molecule has 0 aromatic carbocycles.